The fourth-order valence-corrected chi connectivity index (χ4v) is 9.19. The van der Waals surface area contributed by atoms with Crippen molar-refractivity contribution in [3.05, 3.63) is 148 Å². The number of aromatic nitrogens is 1. The molecule has 0 radical (unpaired) electrons. The van der Waals surface area contributed by atoms with Crippen LogP contribution in [0.2, 0.25) is 0 Å². The van der Waals surface area contributed by atoms with E-state index in [-0.39, 0.29) is 48.0 Å². The molecule has 5 unspecified atom stereocenters. The highest BCUT2D eigenvalue weighted by atomic mass is 16.5. The first-order valence-corrected chi connectivity index (χ1v) is 19.8. The highest BCUT2D eigenvalue weighted by molar-refractivity contribution is 5.95. The average Bonchev–Trinajstić information content (AvgIpc) is 3.74. The number of hydrogen-bond acceptors (Lipinski definition) is 9. The van der Waals surface area contributed by atoms with Gasteiger partial charge in [0.1, 0.15) is 5.75 Å². The Morgan fingerprint density at radius 1 is 0.828 bits per heavy atom. The minimum absolute atomic E-state index is 0.0140. The summed E-state index contributed by atoms with van der Waals surface area (Å²) in [5, 5.41) is 62.5. The molecule has 5 aromatic carbocycles. The van der Waals surface area contributed by atoms with Crippen LogP contribution in [0.1, 0.15) is 51.8 Å². The number of ketones is 1. The number of benzene rings is 5. The van der Waals surface area contributed by atoms with Gasteiger partial charge in [0, 0.05) is 36.8 Å². The smallest absolute Gasteiger partial charge is 0.164 e. The van der Waals surface area contributed by atoms with Crippen LogP contribution in [-0.2, 0) is 42.4 Å². The largest absolute Gasteiger partial charge is 0.508 e. The first kappa shape index (κ1) is 40.4. The summed E-state index contributed by atoms with van der Waals surface area (Å²) in [5.41, 5.74) is 3.93. The number of methoxy groups -OCH3 is 2. The molecule has 10 nitrogen and oxygen atoms in total. The van der Waals surface area contributed by atoms with Crippen LogP contribution in [0, 0.1) is 11.8 Å². The number of carbonyl (C=O) groups is 1. The number of phenols is 3. The zero-order chi connectivity index (χ0) is 41.0. The summed E-state index contributed by atoms with van der Waals surface area (Å²) < 4.78 is 11.3. The van der Waals surface area contributed by atoms with Gasteiger partial charge < -0.3 is 45.3 Å². The van der Waals surface area contributed by atoms with Gasteiger partial charge in [-0.15, -0.1) is 0 Å². The van der Waals surface area contributed by atoms with Crippen LogP contribution < -0.4 is 14.8 Å². The molecule has 0 aliphatic heterocycles. The van der Waals surface area contributed by atoms with E-state index in [1.807, 2.05) is 48.8 Å². The number of rotatable bonds is 15. The number of nitrogens with one attached hydrogen (secondary N) is 2. The zero-order valence-corrected chi connectivity index (χ0v) is 33.1. The lowest BCUT2D eigenvalue weighted by molar-refractivity contribution is -0.144. The van der Waals surface area contributed by atoms with E-state index >= 15 is 4.79 Å². The van der Waals surface area contributed by atoms with E-state index in [9.17, 15) is 25.5 Å². The van der Waals surface area contributed by atoms with Crippen molar-refractivity contribution in [2.45, 2.75) is 62.7 Å². The third kappa shape index (κ3) is 8.00. The zero-order valence-electron chi connectivity index (χ0n) is 33.1. The Balaban J connectivity index is 1.31. The predicted octanol–water partition coefficient (Wildman–Crippen LogP) is 6.90. The molecule has 1 aliphatic carbocycles. The van der Waals surface area contributed by atoms with Crippen molar-refractivity contribution in [3.8, 4) is 28.7 Å². The number of ether oxygens (including phenoxy) is 2. The number of carbonyl (C=O) groups excluding carboxylic acids is 1. The highest BCUT2D eigenvalue weighted by Crippen LogP contribution is 2.47. The third-order valence-corrected chi connectivity index (χ3v) is 12.0. The average molecular weight is 785 g/mol. The van der Waals surface area contributed by atoms with Gasteiger partial charge >= 0.3 is 0 Å². The molecule has 1 saturated carbocycles. The fraction of sp³-hybridized carbons (Fsp3) is 0.312. The molecular weight excluding hydrogens is 733 g/mol. The Hall–Kier alpha value is -5.81. The van der Waals surface area contributed by atoms with Gasteiger partial charge in [-0.1, -0.05) is 60.7 Å². The second kappa shape index (κ2) is 17.4. The van der Waals surface area contributed by atoms with E-state index in [0.717, 1.165) is 38.6 Å². The number of hydrogen-bond donors (Lipinski definition) is 7. The molecule has 6 aromatic rings. The topological polar surface area (TPSA) is 164 Å². The normalized spacial score (nSPS) is 19.2. The Morgan fingerprint density at radius 3 is 2.38 bits per heavy atom. The first-order valence-electron chi connectivity index (χ1n) is 19.8. The molecule has 1 aliphatic rings. The highest BCUT2D eigenvalue weighted by Gasteiger charge is 2.54. The molecule has 302 valence electrons. The van der Waals surface area contributed by atoms with E-state index in [0.29, 0.717) is 42.7 Å². The molecule has 0 spiro atoms. The monoisotopic (exact) mass is 784 g/mol. The summed E-state index contributed by atoms with van der Waals surface area (Å²) in [7, 11) is 4.77. The van der Waals surface area contributed by atoms with Crippen LogP contribution in [0.3, 0.4) is 0 Å². The van der Waals surface area contributed by atoms with Crippen molar-refractivity contribution < 1.29 is 39.8 Å². The van der Waals surface area contributed by atoms with Gasteiger partial charge in [0.2, 0.25) is 0 Å². The number of aromatic amines is 1. The van der Waals surface area contributed by atoms with E-state index in [1.54, 1.807) is 31.3 Å². The summed E-state index contributed by atoms with van der Waals surface area (Å²) in [4.78, 5) is 18.6. The van der Waals surface area contributed by atoms with Crippen molar-refractivity contribution in [2.75, 3.05) is 21.3 Å². The lowest BCUT2D eigenvalue weighted by atomic mass is 9.58. The van der Waals surface area contributed by atoms with E-state index in [1.165, 1.54) is 26.4 Å². The number of aliphatic hydroxyl groups is 2. The third-order valence-electron chi connectivity index (χ3n) is 12.0. The maximum absolute atomic E-state index is 15.5. The van der Waals surface area contributed by atoms with Crippen LogP contribution in [0.5, 0.6) is 28.7 Å². The molecule has 0 bridgehead atoms. The maximum Gasteiger partial charge on any atom is 0.164 e. The van der Waals surface area contributed by atoms with Crippen LogP contribution in [0.4, 0.5) is 0 Å². The lowest BCUT2D eigenvalue weighted by Gasteiger charge is -2.46. The van der Waals surface area contributed by atoms with Gasteiger partial charge in [-0.3, -0.25) is 4.79 Å². The molecule has 0 saturated heterocycles. The van der Waals surface area contributed by atoms with Crippen molar-refractivity contribution in [2.24, 2.45) is 11.8 Å². The molecule has 58 heavy (non-hydrogen) atoms. The number of aliphatic hydroxyl groups excluding tert-OH is 2. The Bertz CT molecular complexity index is 2370. The van der Waals surface area contributed by atoms with Gasteiger partial charge in [0.25, 0.3) is 0 Å². The molecule has 7 N–H and O–H groups in total. The van der Waals surface area contributed by atoms with Gasteiger partial charge in [0.05, 0.1) is 31.8 Å². The molecule has 0 amide bonds. The minimum atomic E-state index is -1.56. The number of phenolic OH excluding ortho intramolecular Hbond substituents is 3. The Labute approximate surface area is 338 Å². The number of fused-ring (bicyclic) bond motifs is 1. The number of Topliss-reactive ketones (excluding diaryl/α,β-unsaturated/α-hetero) is 1. The molecule has 10 heteroatoms. The number of H-pyrrole nitrogens is 1. The van der Waals surface area contributed by atoms with Crippen LogP contribution >= 0.6 is 0 Å². The summed E-state index contributed by atoms with van der Waals surface area (Å²) in [6, 6.07) is 29.6. The summed E-state index contributed by atoms with van der Waals surface area (Å²) >= 11 is 0. The van der Waals surface area contributed by atoms with Gasteiger partial charge in [0.15, 0.2) is 28.8 Å². The van der Waals surface area contributed by atoms with Crippen molar-refractivity contribution in [1.29, 1.82) is 0 Å². The molecule has 1 heterocycles. The Kier molecular flexibility index (Phi) is 12.1. The van der Waals surface area contributed by atoms with Gasteiger partial charge in [-0.05, 0) is 126 Å². The summed E-state index contributed by atoms with van der Waals surface area (Å²) in [5.74, 6) is -1.19. The van der Waals surface area contributed by atoms with Crippen LogP contribution in [0.25, 0.3) is 10.8 Å². The van der Waals surface area contributed by atoms with Crippen LogP contribution in [-0.4, -0.2) is 69.8 Å². The van der Waals surface area contributed by atoms with Crippen molar-refractivity contribution in [1.82, 2.24) is 10.3 Å². The van der Waals surface area contributed by atoms with Gasteiger partial charge in [-0.2, -0.15) is 0 Å². The van der Waals surface area contributed by atoms with E-state index in [4.69, 9.17) is 9.47 Å². The predicted molar refractivity (Wildman–Crippen MR) is 224 cm³/mol. The summed E-state index contributed by atoms with van der Waals surface area (Å²) in [6.45, 7) is 0.413. The van der Waals surface area contributed by atoms with E-state index in [2.05, 4.69) is 34.6 Å². The van der Waals surface area contributed by atoms with Gasteiger partial charge in [-0.25, -0.2) is 0 Å². The second-order valence-electron chi connectivity index (χ2n) is 15.6. The van der Waals surface area contributed by atoms with Crippen LogP contribution in [0.15, 0.2) is 109 Å². The lowest BCUT2D eigenvalue weighted by Crippen LogP contribution is -2.57. The molecular formula is C48H52N2O8. The quantitative estimate of drug-likeness (QED) is 0.0587. The van der Waals surface area contributed by atoms with Crippen molar-refractivity contribution >= 4 is 16.6 Å². The molecule has 5 atom stereocenters. The van der Waals surface area contributed by atoms with E-state index < -0.39 is 29.5 Å². The molecule has 1 aromatic heterocycles. The second-order valence-corrected chi connectivity index (χ2v) is 15.6. The summed E-state index contributed by atoms with van der Waals surface area (Å²) in [6.07, 6.45) is 3.17. The first-order chi connectivity index (χ1) is 28.1. The molecule has 1 fully saturated rings. The van der Waals surface area contributed by atoms with Crippen molar-refractivity contribution in [3.63, 3.8) is 0 Å². The SMILES string of the molecule is CNCc1cc(O)cc(C2(Cc3ccc(O)c(OC)c3)C(=O)C(C(O)C(Cc3cc[nH]c3)Cc3ccc(O)c(OC)c3Cc3cccc4ccccc34)CCC2O)c1. The maximum atomic E-state index is 15.5. The standard InChI is InChI=1S/C48H52N2O8/c1-49-27-31-20-36(25-37(51)21-31)48(26-29-11-14-41(52)43(22-29)57-2)44(54)16-13-39(47(48)56)45(55)35(19-30-17-18-50-28-30)23-34-12-15-42(53)46(58-3)40(34)24-33-9-6-8-32-7-4-5-10-38(32)33/h4-12,14-15,17-18,20-22,25,28,35,39,44-45,49-55H,13,16,19,23-24,26-27H2,1-3H3. The molecule has 7 rings (SSSR count). The minimum Gasteiger partial charge on any atom is -0.508 e. The Morgan fingerprint density at radius 2 is 1.62 bits per heavy atom. The fourth-order valence-electron chi connectivity index (χ4n) is 9.19. The number of aromatic hydroxyl groups is 3.